The highest BCUT2D eigenvalue weighted by atomic mass is 19.1. The number of piperazine rings is 1. The van der Waals surface area contributed by atoms with Crippen molar-refractivity contribution in [1.82, 2.24) is 24.6 Å². The molecule has 1 fully saturated rings. The molecule has 27 heavy (non-hydrogen) atoms. The van der Waals surface area contributed by atoms with Crippen molar-refractivity contribution in [2.75, 3.05) is 31.1 Å². The zero-order valence-corrected chi connectivity index (χ0v) is 15.0. The van der Waals surface area contributed by atoms with Gasteiger partial charge in [0.2, 0.25) is 0 Å². The van der Waals surface area contributed by atoms with Crippen molar-refractivity contribution in [3.05, 3.63) is 60.2 Å². The number of nitrogens with zero attached hydrogens (tertiary/aromatic N) is 6. The van der Waals surface area contributed by atoms with Crippen LogP contribution in [0.25, 0.3) is 11.3 Å². The number of anilines is 1. The first-order chi connectivity index (χ1) is 13.1. The van der Waals surface area contributed by atoms with E-state index >= 15 is 0 Å². The third-order valence-corrected chi connectivity index (χ3v) is 4.73. The van der Waals surface area contributed by atoms with Crippen molar-refractivity contribution >= 4 is 5.82 Å². The summed E-state index contributed by atoms with van der Waals surface area (Å²) in [6.07, 6.45) is 7.16. The molecule has 3 heterocycles. The monoisotopic (exact) mass is 370 g/mol. The molecule has 1 saturated heterocycles. The third-order valence-electron chi connectivity index (χ3n) is 4.73. The van der Waals surface area contributed by atoms with Gasteiger partial charge in [0.25, 0.3) is 0 Å². The Labute approximate surface area is 156 Å². The smallest absolute Gasteiger partial charge is 0.147 e. The van der Waals surface area contributed by atoms with Crippen molar-refractivity contribution in [3.8, 4) is 11.3 Å². The fourth-order valence-corrected chi connectivity index (χ4v) is 3.23. The van der Waals surface area contributed by atoms with Gasteiger partial charge in [0.1, 0.15) is 17.5 Å². The lowest BCUT2D eigenvalue weighted by molar-refractivity contribution is 0.246. The molecule has 0 aliphatic carbocycles. The van der Waals surface area contributed by atoms with E-state index in [1.54, 1.807) is 23.3 Å². The van der Waals surface area contributed by atoms with Gasteiger partial charge in [0.15, 0.2) is 0 Å². The summed E-state index contributed by atoms with van der Waals surface area (Å²) in [5.74, 6) is -0.218. The molecular formula is C19H20F2N6. The lowest BCUT2D eigenvalue weighted by atomic mass is 10.2. The standard InChI is InChI=1S/C19H20F2N6/c1-25-12-15(9-23-25)18-10-22-11-19(24-18)27-6-4-26(5-7-27)13-14-2-3-16(20)8-17(14)21/h2-3,8-12H,4-7,13H2,1H3. The summed E-state index contributed by atoms with van der Waals surface area (Å²) in [6, 6.07) is 3.75. The van der Waals surface area contributed by atoms with E-state index in [-0.39, 0.29) is 0 Å². The number of hydrogen-bond donors (Lipinski definition) is 0. The molecule has 3 aromatic rings. The largest absolute Gasteiger partial charge is 0.353 e. The highest BCUT2D eigenvalue weighted by Gasteiger charge is 2.20. The van der Waals surface area contributed by atoms with Crippen molar-refractivity contribution in [1.29, 1.82) is 0 Å². The zero-order valence-electron chi connectivity index (χ0n) is 15.0. The highest BCUT2D eigenvalue weighted by Crippen LogP contribution is 2.20. The molecular weight excluding hydrogens is 350 g/mol. The summed E-state index contributed by atoms with van der Waals surface area (Å²) in [6.45, 7) is 3.56. The van der Waals surface area contributed by atoms with Crippen molar-refractivity contribution in [2.45, 2.75) is 6.54 Å². The predicted molar refractivity (Wildman–Crippen MR) is 98.1 cm³/mol. The molecule has 4 rings (SSSR count). The van der Waals surface area contributed by atoms with Crippen LogP contribution in [0, 0.1) is 11.6 Å². The Hall–Kier alpha value is -2.87. The van der Waals surface area contributed by atoms with Gasteiger partial charge in [-0.05, 0) is 6.07 Å². The highest BCUT2D eigenvalue weighted by molar-refractivity contribution is 5.58. The van der Waals surface area contributed by atoms with Gasteiger partial charge in [0, 0.05) is 63.2 Å². The summed E-state index contributed by atoms with van der Waals surface area (Å²) in [7, 11) is 1.87. The predicted octanol–water partition coefficient (Wildman–Crippen LogP) is 2.48. The molecule has 8 heteroatoms. The average Bonchev–Trinajstić information content (AvgIpc) is 3.11. The molecule has 0 spiro atoms. The number of hydrogen-bond acceptors (Lipinski definition) is 5. The van der Waals surface area contributed by atoms with Crippen molar-refractivity contribution in [3.63, 3.8) is 0 Å². The fraction of sp³-hybridized carbons (Fsp3) is 0.316. The van der Waals surface area contributed by atoms with E-state index in [1.807, 2.05) is 13.2 Å². The van der Waals surface area contributed by atoms with Crippen LogP contribution in [0.15, 0.2) is 43.0 Å². The van der Waals surface area contributed by atoms with E-state index in [9.17, 15) is 8.78 Å². The van der Waals surface area contributed by atoms with Gasteiger partial charge in [0.05, 0.1) is 24.3 Å². The lowest BCUT2D eigenvalue weighted by Gasteiger charge is -2.35. The molecule has 140 valence electrons. The number of aryl methyl sites for hydroxylation is 1. The normalized spacial score (nSPS) is 15.3. The number of benzene rings is 1. The van der Waals surface area contributed by atoms with Crippen molar-refractivity contribution in [2.24, 2.45) is 7.05 Å². The van der Waals surface area contributed by atoms with Crippen LogP contribution >= 0.6 is 0 Å². The van der Waals surface area contributed by atoms with E-state index in [0.717, 1.165) is 49.3 Å². The molecule has 0 bridgehead atoms. The minimum absolute atomic E-state index is 0.474. The van der Waals surface area contributed by atoms with Crippen LogP contribution in [0.1, 0.15) is 5.56 Å². The van der Waals surface area contributed by atoms with Crippen LogP contribution in [-0.4, -0.2) is 50.8 Å². The SMILES string of the molecule is Cn1cc(-c2cncc(N3CCN(Cc4ccc(F)cc4F)CC3)n2)cn1. The first-order valence-corrected chi connectivity index (χ1v) is 8.81. The summed E-state index contributed by atoms with van der Waals surface area (Å²) >= 11 is 0. The maximum atomic E-state index is 13.9. The van der Waals surface area contributed by atoms with Gasteiger partial charge in [-0.1, -0.05) is 6.07 Å². The second-order valence-electron chi connectivity index (χ2n) is 6.66. The molecule has 1 aromatic carbocycles. The van der Waals surface area contributed by atoms with E-state index in [0.29, 0.717) is 12.1 Å². The van der Waals surface area contributed by atoms with Gasteiger partial charge < -0.3 is 4.90 Å². The first-order valence-electron chi connectivity index (χ1n) is 8.81. The van der Waals surface area contributed by atoms with Crippen LogP contribution in [0.3, 0.4) is 0 Å². The maximum absolute atomic E-state index is 13.9. The Balaban J connectivity index is 1.40. The van der Waals surface area contributed by atoms with E-state index in [1.165, 1.54) is 12.1 Å². The second-order valence-corrected chi connectivity index (χ2v) is 6.66. The maximum Gasteiger partial charge on any atom is 0.147 e. The Morgan fingerprint density at radius 3 is 2.56 bits per heavy atom. The minimum Gasteiger partial charge on any atom is -0.353 e. The van der Waals surface area contributed by atoms with Crippen LogP contribution in [0.2, 0.25) is 0 Å². The van der Waals surface area contributed by atoms with Crippen LogP contribution in [-0.2, 0) is 13.6 Å². The topological polar surface area (TPSA) is 50.1 Å². The van der Waals surface area contributed by atoms with Gasteiger partial charge >= 0.3 is 0 Å². The minimum atomic E-state index is -0.548. The van der Waals surface area contributed by atoms with E-state index in [2.05, 4.69) is 19.9 Å². The van der Waals surface area contributed by atoms with Gasteiger partial charge in [-0.25, -0.2) is 13.8 Å². The number of aromatic nitrogens is 4. The molecule has 6 nitrogen and oxygen atoms in total. The summed E-state index contributed by atoms with van der Waals surface area (Å²) in [5, 5.41) is 4.17. The summed E-state index contributed by atoms with van der Waals surface area (Å²) in [4.78, 5) is 13.3. The Kier molecular flexibility index (Phi) is 4.81. The molecule has 0 N–H and O–H groups in total. The van der Waals surface area contributed by atoms with Crippen LogP contribution < -0.4 is 4.90 Å². The van der Waals surface area contributed by atoms with Crippen molar-refractivity contribution < 1.29 is 8.78 Å². The van der Waals surface area contributed by atoms with E-state index < -0.39 is 11.6 Å². The van der Waals surface area contributed by atoms with Gasteiger partial charge in [-0.15, -0.1) is 0 Å². The molecule has 0 atom stereocenters. The Morgan fingerprint density at radius 2 is 1.85 bits per heavy atom. The number of rotatable bonds is 4. The fourth-order valence-electron chi connectivity index (χ4n) is 3.23. The third kappa shape index (κ3) is 3.95. The molecule has 0 amide bonds. The molecule has 2 aromatic heterocycles. The molecule has 0 saturated carbocycles. The second kappa shape index (κ2) is 7.40. The van der Waals surface area contributed by atoms with Crippen LogP contribution in [0.5, 0.6) is 0 Å². The molecule has 0 radical (unpaired) electrons. The zero-order chi connectivity index (χ0) is 18.8. The quantitative estimate of drug-likeness (QED) is 0.706. The summed E-state index contributed by atoms with van der Waals surface area (Å²) in [5.41, 5.74) is 2.23. The summed E-state index contributed by atoms with van der Waals surface area (Å²) < 4.78 is 28.6. The molecule has 1 aliphatic rings. The van der Waals surface area contributed by atoms with Gasteiger partial charge in [-0.3, -0.25) is 14.6 Å². The Bertz CT molecular complexity index is 933. The first kappa shape index (κ1) is 17.5. The van der Waals surface area contributed by atoms with Gasteiger partial charge in [-0.2, -0.15) is 5.10 Å². The lowest BCUT2D eigenvalue weighted by Crippen LogP contribution is -2.46. The van der Waals surface area contributed by atoms with Crippen LogP contribution in [0.4, 0.5) is 14.6 Å². The Morgan fingerprint density at radius 1 is 1.04 bits per heavy atom. The van der Waals surface area contributed by atoms with E-state index in [4.69, 9.17) is 4.98 Å². The molecule has 1 aliphatic heterocycles. The average molecular weight is 370 g/mol. The molecule has 0 unspecified atom stereocenters. The number of halogens is 2.